The van der Waals surface area contributed by atoms with Gasteiger partial charge in [-0.05, 0) is 66.9 Å². The van der Waals surface area contributed by atoms with Crippen LogP contribution in [0.3, 0.4) is 0 Å². The molecule has 0 fully saturated rings. The van der Waals surface area contributed by atoms with Crippen LogP contribution in [0.25, 0.3) is 10.8 Å². The van der Waals surface area contributed by atoms with Gasteiger partial charge in [0.15, 0.2) is 0 Å². The summed E-state index contributed by atoms with van der Waals surface area (Å²) in [7, 11) is 0.640. The maximum atomic E-state index is 12.9. The smallest absolute Gasteiger partial charge is 0.0979 e. The molecule has 27 heavy (non-hydrogen) atoms. The standard InChI is InChI=1S/C22H25ClN2OS/c1-22(2,3)27(26)25-21(19-14-18(23)11-12-20(19)24-4)17-10-9-15-7-5-6-8-16(15)13-17/h5-14,21,24-25H,1-4H3/t21-,27+/m0/s1. The van der Waals surface area contributed by atoms with Crippen molar-refractivity contribution in [2.24, 2.45) is 0 Å². The zero-order valence-electron chi connectivity index (χ0n) is 16.0. The minimum atomic E-state index is -1.24. The third kappa shape index (κ3) is 4.52. The second-order valence-electron chi connectivity index (χ2n) is 7.52. The molecule has 142 valence electrons. The fourth-order valence-corrected chi connectivity index (χ4v) is 3.99. The van der Waals surface area contributed by atoms with E-state index < -0.39 is 11.0 Å². The molecule has 0 amide bonds. The molecule has 0 aromatic heterocycles. The normalized spacial score (nSPS) is 14.1. The van der Waals surface area contributed by atoms with E-state index in [1.807, 2.05) is 58.2 Å². The van der Waals surface area contributed by atoms with Crippen molar-refractivity contribution in [3.8, 4) is 0 Å². The fraction of sp³-hybridized carbons (Fsp3) is 0.273. The second kappa shape index (κ2) is 8.01. The van der Waals surface area contributed by atoms with E-state index in [0.717, 1.165) is 22.2 Å². The summed E-state index contributed by atoms with van der Waals surface area (Å²) in [4.78, 5) is 0. The van der Waals surface area contributed by atoms with Crippen LogP contribution in [0, 0.1) is 0 Å². The monoisotopic (exact) mass is 400 g/mol. The third-order valence-electron chi connectivity index (χ3n) is 4.48. The Hall–Kier alpha value is -1.88. The minimum Gasteiger partial charge on any atom is -0.388 e. The van der Waals surface area contributed by atoms with Gasteiger partial charge in [0.05, 0.1) is 21.8 Å². The molecule has 0 saturated heterocycles. The largest absolute Gasteiger partial charge is 0.388 e. The lowest BCUT2D eigenvalue weighted by molar-refractivity contribution is 0.624. The summed E-state index contributed by atoms with van der Waals surface area (Å²) in [6.45, 7) is 5.89. The highest BCUT2D eigenvalue weighted by atomic mass is 35.5. The van der Waals surface area contributed by atoms with Crippen molar-refractivity contribution in [3.05, 3.63) is 76.8 Å². The Morgan fingerprint density at radius 3 is 2.33 bits per heavy atom. The van der Waals surface area contributed by atoms with Crippen LogP contribution in [0.2, 0.25) is 5.02 Å². The lowest BCUT2D eigenvalue weighted by Crippen LogP contribution is -2.36. The minimum absolute atomic E-state index is 0.254. The van der Waals surface area contributed by atoms with Gasteiger partial charge < -0.3 is 5.32 Å². The summed E-state index contributed by atoms with van der Waals surface area (Å²) in [6.07, 6.45) is 0. The summed E-state index contributed by atoms with van der Waals surface area (Å²) in [5.41, 5.74) is 2.97. The molecule has 0 spiro atoms. The molecule has 0 unspecified atom stereocenters. The van der Waals surface area contributed by atoms with Crippen LogP contribution in [0.5, 0.6) is 0 Å². The first kappa shape index (κ1) is 19.9. The Morgan fingerprint density at radius 1 is 0.963 bits per heavy atom. The second-order valence-corrected chi connectivity index (χ2v) is 9.95. The van der Waals surface area contributed by atoms with Crippen molar-refractivity contribution in [3.63, 3.8) is 0 Å². The third-order valence-corrected chi connectivity index (χ3v) is 6.28. The van der Waals surface area contributed by atoms with E-state index in [9.17, 15) is 4.21 Å². The van der Waals surface area contributed by atoms with Crippen LogP contribution in [0.4, 0.5) is 5.69 Å². The Morgan fingerprint density at radius 2 is 1.67 bits per heavy atom. The molecule has 0 saturated carbocycles. The molecule has 3 rings (SSSR count). The van der Waals surface area contributed by atoms with Gasteiger partial charge in [0.25, 0.3) is 0 Å². The molecule has 0 aliphatic rings. The van der Waals surface area contributed by atoms with E-state index in [-0.39, 0.29) is 10.8 Å². The number of halogens is 1. The van der Waals surface area contributed by atoms with Crippen molar-refractivity contribution in [2.45, 2.75) is 31.6 Å². The Bertz CT molecular complexity index is 981. The summed E-state index contributed by atoms with van der Waals surface area (Å²) in [6, 6.07) is 20.1. The van der Waals surface area contributed by atoms with Crippen LogP contribution in [-0.2, 0) is 11.0 Å². The molecule has 3 nitrogen and oxygen atoms in total. The van der Waals surface area contributed by atoms with Gasteiger partial charge in [0.2, 0.25) is 0 Å². The molecule has 5 heteroatoms. The topological polar surface area (TPSA) is 41.1 Å². The lowest BCUT2D eigenvalue weighted by Gasteiger charge is -2.27. The van der Waals surface area contributed by atoms with Gasteiger partial charge in [0, 0.05) is 17.8 Å². The van der Waals surface area contributed by atoms with Crippen molar-refractivity contribution >= 4 is 39.0 Å². The molecule has 2 atom stereocenters. The first-order chi connectivity index (χ1) is 12.8. The Labute approximate surface area is 168 Å². The summed E-state index contributed by atoms with van der Waals surface area (Å²) in [5.74, 6) is 0. The number of benzene rings is 3. The molecule has 3 aromatic rings. The van der Waals surface area contributed by atoms with E-state index >= 15 is 0 Å². The zero-order valence-corrected chi connectivity index (χ0v) is 17.6. The quantitative estimate of drug-likeness (QED) is 0.578. The number of fused-ring (bicyclic) bond motifs is 1. The average molecular weight is 401 g/mol. The van der Waals surface area contributed by atoms with Crippen LogP contribution in [-0.4, -0.2) is 16.0 Å². The van der Waals surface area contributed by atoms with Crippen LogP contribution in [0.15, 0.2) is 60.7 Å². The summed E-state index contributed by atoms with van der Waals surface area (Å²) in [5, 5.41) is 6.20. The number of nitrogens with one attached hydrogen (secondary N) is 2. The average Bonchev–Trinajstić information content (AvgIpc) is 2.64. The molecule has 0 heterocycles. The number of hydrogen-bond donors (Lipinski definition) is 2. The number of rotatable bonds is 5. The highest BCUT2D eigenvalue weighted by molar-refractivity contribution is 7.84. The molecule has 2 N–H and O–H groups in total. The van der Waals surface area contributed by atoms with Gasteiger partial charge in [-0.25, -0.2) is 8.93 Å². The maximum absolute atomic E-state index is 12.9. The van der Waals surface area contributed by atoms with Gasteiger partial charge in [0.1, 0.15) is 0 Å². The molecular formula is C22H25ClN2OS. The van der Waals surface area contributed by atoms with E-state index in [2.05, 4.69) is 40.4 Å². The Kier molecular flexibility index (Phi) is 5.89. The molecule has 0 bridgehead atoms. The van der Waals surface area contributed by atoms with Crippen LogP contribution in [0.1, 0.15) is 37.9 Å². The van der Waals surface area contributed by atoms with Gasteiger partial charge in [-0.15, -0.1) is 0 Å². The molecule has 0 aliphatic carbocycles. The molecule has 0 radical (unpaired) electrons. The zero-order chi connectivity index (χ0) is 19.6. The number of anilines is 1. The fourth-order valence-electron chi connectivity index (χ4n) is 2.98. The van der Waals surface area contributed by atoms with Gasteiger partial charge in [-0.3, -0.25) is 0 Å². The number of hydrogen-bond acceptors (Lipinski definition) is 2. The van der Waals surface area contributed by atoms with Gasteiger partial charge >= 0.3 is 0 Å². The van der Waals surface area contributed by atoms with Crippen molar-refractivity contribution in [1.82, 2.24) is 4.72 Å². The predicted molar refractivity (Wildman–Crippen MR) is 118 cm³/mol. The molecule has 0 aliphatic heterocycles. The summed E-state index contributed by atoms with van der Waals surface area (Å²) >= 11 is 6.30. The van der Waals surface area contributed by atoms with Crippen LogP contribution >= 0.6 is 11.6 Å². The first-order valence-electron chi connectivity index (χ1n) is 8.93. The predicted octanol–water partition coefficient (Wildman–Crippen LogP) is 5.68. The first-order valence-corrected chi connectivity index (χ1v) is 10.5. The maximum Gasteiger partial charge on any atom is 0.0979 e. The van der Waals surface area contributed by atoms with E-state index in [4.69, 9.17) is 11.6 Å². The molecule has 3 aromatic carbocycles. The van der Waals surface area contributed by atoms with Crippen LogP contribution < -0.4 is 10.0 Å². The Balaban J connectivity index is 2.14. The SMILES string of the molecule is CNc1ccc(Cl)cc1[C@@H](N[S@](=O)C(C)(C)C)c1ccc2ccccc2c1. The highest BCUT2D eigenvalue weighted by Crippen LogP contribution is 2.33. The van der Waals surface area contributed by atoms with Crippen molar-refractivity contribution in [1.29, 1.82) is 0 Å². The van der Waals surface area contributed by atoms with E-state index in [0.29, 0.717) is 5.02 Å². The van der Waals surface area contributed by atoms with E-state index in [1.54, 1.807) is 0 Å². The van der Waals surface area contributed by atoms with Gasteiger partial charge in [-0.2, -0.15) is 0 Å². The van der Waals surface area contributed by atoms with Crippen molar-refractivity contribution < 1.29 is 4.21 Å². The van der Waals surface area contributed by atoms with Crippen molar-refractivity contribution in [2.75, 3.05) is 12.4 Å². The lowest BCUT2D eigenvalue weighted by atomic mass is 9.95. The summed E-state index contributed by atoms with van der Waals surface area (Å²) < 4.78 is 15.9. The van der Waals surface area contributed by atoms with Gasteiger partial charge in [-0.1, -0.05) is 48.0 Å². The highest BCUT2D eigenvalue weighted by Gasteiger charge is 2.26. The van der Waals surface area contributed by atoms with E-state index in [1.165, 1.54) is 5.39 Å². The molecular weight excluding hydrogens is 376 g/mol.